The van der Waals surface area contributed by atoms with Gasteiger partial charge in [0.2, 0.25) is 17.8 Å². The van der Waals surface area contributed by atoms with Crippen molar-refractivity contribution in [3.63, 3.8) is 0 Å². The van der Waals surface area contributed by atoms with Gasteiger partial charge in [-0.3, -0.25) is 34.4 Å². The second kappa shape index (κ2) is 18.7. The van der Waals surface area contributed by atoms with Crippen LogP contribution in [0, 0.1) is 35.8 Å². The van der Waals surface area contributed by atoms with Gasteiger partial charge < -0.3 is 30.6 Å². The van der Waals surface area contributed by atoms with Crippen LogP contribution >= 0.6 is 0 Å². The normalized spacial score (nSPS) is 23.7. The summed E-state index contributed by atoms with van der Waals surface area (Å²) in [7, 11) is 3.18. The molecule has 14 nitrogen and oxygen atoms in total. The number of amides is 4. The molecule has 5 heterocycles. The van der Waals surface area contributed by atoms with Gasteiger partial charge in [-0.15, -0.1) is 0 Å². The van der Waals surface area contributed by atoms with Crippen molar-refractivity contribution in [2.45, 2.75) is 64.2 Å². The number of hydrogen-bond acceptors (Lipinski definition) is 11. The Labute approximate surface area is 362 Å². The quantitative estimate of drug-likeness (QED) is 0.116. The Morgan fingerprint density at radius 3 is 2.54 bits per heavy atom. The first-order valence-electron chi connectivity index (χ1n) is 21.1. The molecule has 2 bridgehead atoms. The molecule has 1 aromatic heterocycles. The van der Waals surface area contributed by atoms with Crippen LogP contribution < -0.4 is 20.9 Å². The highest BCUT2D eigenvalue weighted by Gasteiger charge is 2.45. The third-order valence-electron chi connectivity index (χ3n) is 12.0. The van der Waals surface area contributed by atoms with Gasteiger partial charge in [-0.05, 0) is 99.5 Å². The number of guanidine groups is 1. The number of aryl methyl sites for hydroxylation is 1. The number of hydrogen-bond donors (Lipinski definition) is 4. The molecule has 0 spiro atoms. The molecule has 18 heteroatoms. The van der Waals surface area contributed by atoms with Crippen LogP contribution in [0.5, 0.6) is 0 Å². The molecule has 4 aliphatic heterocycles. The minimum Gasteiger partial charge on any atom is -0.479 e. The Hall–Kier alpha value is -6.17. The van der Waals surface area contributed by atoms with Gasteiger partial charge in [0.1, 0.15) is 11.6 Å². The van der Waals surface area contributed by atoms with Crippen LogP contribution in [-0.2, 0) is 20.7 Å². The number of piperidine rings is 2. The highest BCUT2D eigenvalue weighted by Crippen LogP contribution is 2.37. The van der Waals surface area contributed by atoms with Crippen molar-refractivity contribution in [2.75, 3.05) is 63.6 Å². The van der Waals surface area contributed by atoms with Gasteiger partial charge in [0, 0.05) is 74.7 Å². The van der Waals surface area contributed by atoms with Crippen molar-refractivity contribution in [1.82, 2.24) is 25.4 Å². The van der Waals surface area contributed by atoms with Crippen molar-refractivity contribution >= 4 is 52.8 Å². The first kappa shape index (κ1) is 44.9. The predicted molar refractivity (Wildman–Crippen MR) is 229 cm³/mol. The lowest BCUT2D eigenvalue weighted by Gasteiger charge is -2.39. The number of carbonyl (C=O) groups is 4. The number of likely N-dealkylation sites (tertiary alicyclic amines) is 1. The number of fused-ring (bicyclic) bond motifs is 5. The summed E-state index contributed by atoms with van der Waals surface area (Å²) < 4.78 is 67.7. The number of nitrogens with one attached hydrogen (secondary N) is 4. The average molecular weight is 874 g/mol. The van der Waals surface area contributed by atoms with Gasteiger partial charge in [-0.1, -0.05) is 6.92 Å². The zero-order chi connectivity index (χ0) is 45.2. The van der Waals surface area contributed by atoms with Crippen molar-refractivity contribution < 1.29 is 41.5 Å². The van der Waals surface area contributed by atoms with Gasteiger partial charge in [0.25, 0.3) is 17.7 Å². The lowest BCUT2D eigenvalue weighted by Crippen LogP contribution is -2.52. The fourth-order valence-corrected chi connectivity index (χ4v) is 8.68. The Morgan fingerprint density at radius 1 is 1.08 bits per heavy atom. The monoisotopic (exact) mass is 873 g/mol. The number of nitrogens with zero attached hydrogens (tertiary/aromatic N) is 5. The molecule has 4 amide bonds. The van der Waals surface area contributed by atoms with E-state index in [0.29, 0.717) is 53.8 Å². The van der Waals surface area contributed by atoms with Crippen LogP contribution in [0.2, 0.25) is 0 Å². The number of ether oxygens (including phenoxy) is 1. The van der Waals surface area contributed by atoms with E-state index in [1.54, 1.807) is 44.3 Å². The lowest BCUT2D eigenvalue weighted by atomic mass is 9.88. The van der Waals surface area contributed by atoms with E-state index in [-0.39, 0.29) is 73.9 Å². The summed E-state index contributed by atoms with van der Waals surface area (Å²) in [6, 6.07) is 10.4. The van der Waals surface area contributed by atoms with Crippen LogP contribution in [0.25, 0.3) is 5.57 Å². The molecule has 2 saturated heterocycles. The third kappa shape index (κ3) is 9.90. The minimum absolute atomic E-state index is 0.0117. The van der Waals surface area contributed by atoms with Crippen LogP contribution in [0.15, 0.2) is 53.3 Å². The molecular weight excluding hydrogens is 823 g/mol. The first-order chi connectivity index (χ1) is 30.0. The zero-order valence-corrected chi connectivity index (χ0v) is 35.6. The summed E-state index contributed by atoms with van der Waals surface area (Å²) in [6.07, 6.45) is 2.67. The number of imide groups is 1. The number of rotatable bonds is 9. The zero-order valence-electron chi connectivity index (χ0n) is 35.6. The molecule has 2 fully saturated rings. The largest absolute Gasteiger partial charge is 0.479 e. The van der Waals surface area contributed by atoms with Crippen LogP contribution in [0.1, 0.15) is 88.2 Å². The summed E-state index contributed by atoms with van der Waals surface area (Å²) in [5, 5.41) is 16.4. The molecule has 0 aliphatic carbocycles. The number of halogens is 4. The SMILES string of the molecule is CN/C1=C(\C=N)c2cc(cc(C)n2)C(=O)/N=C2\Nc3ccc(C(=O)N(C)C[C@H]4CCN(CCc5cc(F)c([C@H]6CCC(=O)NC6=O)c(F)c5)CC4(F)F)cc3N2C[C@H](C)CCCO1. The number of pyridine rings is 1. The highest BCUT2D eigenvalue weighted by atomic mass is 19.3. The maximum Gasteiger partial charge on any atom is 0.280 e. The molecular formula is C45H51F4N9O5. The molecule has 4 N–H and O–H groups in total. The topological polar surface area (TPSA) is 172 Å². The minimum atomic E-state index is -3.17. The smallest absolute Gasteiger partial charge is 0.280 e. The number of aromatic nitrogens is 1. The maximum atomic E-state index is 15.7. The van der Waals surface area contributed by atoms with Crippen LogP contribution in [0.4, 0.5) is 28.9 Å². The highest BCUT2D eigenvalue weighted by molar-refractivity contribution is 6.20. The first-order valence-corrected chi connectivity index (χ1v) is 21.1. The summed E-state index contributed by atoms with van der Waals surface area (Å²) in [6.45, 7) is 4.18. The van der Waals surface area contributed by atoms with E-state index < -0.39 is 65.1 Å². The standard InChI is InChI=1S/C45H51F4N9O5/c1-25-6-5-15-63-42(51-3)32(21-50)36-19-29(16-26(2)52-36)40(60)55-44-53-35-9-7-28(20-37(35)58(44)22-25)43(62)56(4)23-30-12-14-57(24-45(30,48)49)13-11-27-17-33(46)39(34(47)18-27)31-8-10-38(59)54-41(31)61/h7,9,16-21,25,30-31,50-51H,5-6,8,10-15,22-24H2,1-4H3,(H,53,55,60)(H,54,59,61)/b42-32-,50-21?/t25-,30-,31-/m1/s1. The number of anilines is 2. The lowest BCUT2D eigenvalue weighted by molar-refractivity contribution is -0.134. The van der Waals surface area contributed by atoms with Gasteiger partial charge in [0.15, 0.2) is 5.88 Å². The van der Waals surface area contributed by atoms with Crippen molar-refractivity contribution in [2.24, 2.45) is 16.8 Å². The molecule has 0 unspecified atom stereocenters. The number of alkyl halides is 2. The number of allylic oxidation sites excluding steroid dienone is 1. The maximum absolute atomic E-state index is 15.7. The Kier molecular flexibility index (Phi) is 13.3. The molecule has 3 aromatic rings. The van der Waals surface area contributed by atoms with E-state index in [1.807, 2.05) is 4.90 Å². The number of carbonyl (C=O) groups excluding carboxylic acids is 4. The number of benzene rings is 2. The summed E-state index contributed by atoms with van der Waals surface area (Å²) in [5.41, 5.74) is 2.90. The van der Waals surface area contributed by atoms with Crippen LogP contribution in [-0.4, -0.2) is 110 Å². The molecule has 4 aliphatic rings. The summed E-state index contributed by atoms with van der Waals surface area (Å²) in [5.74, 6) is -8.85. The van der Waals surface area contributed by atoms with Crippen molar-refractivity contribution in [3.05, 3.63) is 93.6 Å². The average Bonchev–Trinajstić information content (AvgIpc) is 3.56. The number of aliphatic imine (C=N–C) groups is 1. The van der Waals surface area contributed by atoms with Gasteiger partial charge >= 0.3 is 0 Å². The van der Waals surface area contributed by atoms with E-state index in [4.69, 9.17) is 10.1 Å². The fourth-order valence-electron chi connectivity index (χ4n) is 8.68. The van der Waals surface area contributed by atoms with Gasteiger partial charge in [0.05, 0.1) is 41.7 Å². The summed E-state index contributed by atoms with van der Waals surface area (Å²) >= 11 is 0. The second-order valence-corrected chi connectivity index (χ2v) is 16.8. The summed E-state index contributed by atoms with van der Waals surface area (Å²) in [4.78, 5) is 65.1. The van der Waals surface area contributed by atoms with E-state index >= 15 is 17.6 Å². The molecule has 0 saturated carbocycles. The van der Waals surface area contributed by atoms with Crippen molar-refractivity contribution in [3.8, 4) is 0 Å². The molecule has 2 aromatic carbocycles. The Bertz CT molecular complexity index is 2370. The predicted octanol–water partition coefficient (Wildman–Crippen LogP) is 5.87. The van der Waals surface area contributed by atoms with Gasteiger partial charge in [-0.25, -0.2) is 17.6 Å². The molecule has 0 radical (unpaired) electrons. The second-order valence-electron chi connectivity index (χ2n) is 16.8. The van der Waals surface area contributed by atoms with E-state index in [9.17, 15) is 19.2 Å². The van der Waals surface area contributed by atoms with E-state index in [0.717, 1.165) is 24.8 Å². The van der Waals surface area contributed by atoms with E-state index in [1.165, 1.54) is 16.8 Å². The fraction of sp³-hybridized carbons (Fsp3) is 0.444. The third-order valence-corrected chi connectivity index (χ3v) is 12.0. The van der Waals surface area contributed by atoms with Crippen LogP contribution in [0.3, 0.4) is 0 Å². The molecule has 63 heavy (non-hydrogen) atoms. The van der Waals surface area contributed by atoms with Gasteiger partial charge in [-0.2, -0.15) is 4.99 Å². The Morgan fingerprint density at radius 2 is 1.84 bits per heavy atom. The molecule has 3 atom stereocenters. The molecule has 7 rings (SSSR count). The van der Waals surface area contributed by atoms with E-state index in [2.05, 4.69) is 32.9 Å². The Balaban J connectivity index is 1.02. The van der Waals surface area contributed by atoms with Crippen molar-refractivity contribution in [1.29, 1.82) is 5.41 Å². The molecule has 334 valence electrons.